The molecule has 0 atom stereocenters. The maximum Gasteiger partial charge on any atom is 0.328 e. The van der Waals surface area contributed by atoms with E-state index in [2.05, 4.69) is 20.6 Å². The summed E-state index contributed by atoms with van der Waals surface area (Å²) >= 11 is 11.2. The van der Waals surface area contributed by atoms with Crippen LogP contribution >= 0.6 is 23.8 Å². The minimum atomic E-state index is -0.401. The van der Waals surface area contributed by atoms with Gasteiger partial charge in [-0.25, -0.2) is 0 Å². The van der Waals surface area contributed by atoms with Gasteiger partial charge in [-0.15, -0.1) is 0 Å². The maximum absolute atomic E-state index is 12.3. The second-order valence-corrected chi connectivity index (χ2v) is 6.57. The first kappa shape index (κ1) is 21.3. The molecule has 3 aromatic rings. The zero-order valence-electron chi connectivity index (χ0n) is 16.0. The van der Waals surface area contributed by atoms with Gasteiger partial charge in [-0.1, -0.05) is 23.7 Å². The molecular weight excluding hydrogens is 428 g/mol. The van der Waals surface area contributed by atoms with Crippen molar-refractivity contribution < 1.29 is 19.0 Å². The Hall–Kier alpha value is -3.43. The monoisotopic (exact) mass is 444 g/mol. The van der Waals surface area contributed by atoms with Gasteiger partial charge in [-0.2, -0.15) is 9.97 Å². The average Bonchev–Trinajstić information content (AvgIpc) is 2.75. The number of amides is 1. The van der Waals surface area contributed by atoms with Crippen molar-refractivity contribution in [3.05, 3.63) is 65.2 Å². The number of carbonyl (C=O) groups excluding carboxylic acids is 1. The molecule has 0 bridgehead atoms. The molecule has 2 N–H and O–H groups in total. The van der Waals surface area contributed by atoms with Gasteiger partial charge in [-0.05, 0) is 48.6 Å². The Kier molecular flexibility index (Phi) is 6.99. The van der Waals surface area contributed by atoms with Crippen molar-refractivity contribution in [2.45, 2.75) is 0 Å². The zero-order valence-corrected chi connectivity index (χ0v) is 17.6. The topological polar surface area (TPSA) is 94.6 Å². The SMILES string of the molecule is COc1cc(OC)nc(Oc2ccc(NC(=S)NC(=O)c3ccccc3Cl)cc2)n1. The Morgan fingerprint density at radius 3 is 2.23 bits per heavy atom. The Balaban J connectivity index is 1.61. The highest BCUT2D eigenvalue weighted by Crippen LogP contribution is 2.24. The van der Waals surface area contributed by atoms with Gasteiger partial charge in [0, 0.05) is 5.69 Å². The van der Waals surface area contributed by atoms with Crippen LogP contribution in [0.25, 0.3) is 0 Å². The van der Waals surface area contributed by atoms with Gasteiger partial charge in [0.15, 0.2) is 5.11 Å². The summed E-state index contributed by atoms with van der Waals surface area (Å²) < 4.78 is 15.8. The van der Waals surface area contributed by atoms with Crippen molar-refractivity contribution in [2.24, 2.45) is 0 Å². The van der Waals surface area contributed by atoms with E-state index in [0.717, 1.165) is 0 Å². The number of anilines is 1. The predicted octanol–water partition coefficient (Wildman–Crippen LogP) is 4.07. The first-order valence-electron chi connectivity index (χ1n) is 8.60. The molecule has 30 heavy (non-hydrogen) atoms. The standard InChI is InChI=1S/C20H17ClN4O4S/c1-27-16-11-17(28-2)24-19(23-16)29-13-9-7-12(8-10-13)22-20(30)25-18(26)14-5-3-4-6-15(14)21/h3-11H,1-2H3,(H2,22,25,26,30). The number of carbonyl (C=O) groups is 1. The van der Waals surface area contributed by atoms with Gasteiger partial charge in [-0.3, -0.25) is 10.1 Å². The molecule has 0 radical (unpaired) electrons. The number of benzene rings is 2. The number of nitrogens with zero attached hydrogens (tertiary/aromatic N) is 2. The van der Waals surface area contributed by atoms with Crippen molar-refractivity contribution in [2.75, 3.05) is 19.5 Å². The van der Waals surface area contributed by atoms with Gasteiger partial charge < -0.3 is 19.5 Å². The normalized spacial score (nSPS) is 10.1. The molecule has 0 aliphatic heterocycles. The summed E-state index contributed by atoms with van der Waals surface area (Å²) in [4.78, 5) is 20.5. The van der Waals surface area contributed by atoms with Crippen LogP contribution in [0.4, 0.5) is 5.69 Å². The lowest BCUT2D eigenvalue weighted by Crippen LogP contribution is -2.34. The van der Waals surface area contributed by atoms with Crippen molar-refractivity contribution in [3.8, 4) is 23.5 Å². The molecule has 0 unspecified atom stereocenters. The molecule has 0 saturated carbocycles. The van der Waals surface area contributed by atoms with Crippen LogP contribution < -0.4 is 24.8 Å². The molecule has 3 rings (SSSR count). The largest absolute Gasteiger partial charge is 0.481 e. The smallest absolute Gasteiger partial charge is 0.328 e. The summed E-state index contributed by atoms with van der Waals surface area (Å²) in [6.07, 6.45) is 0. The summed E-state index contributed by atoms with van der Waals surface area (Å²) in [7, 11) is 2.97. The lowest BCUT2D eigenvalue weighted by atomic mass is 10.2. The molecule has 0 aliphatic carbocycles. The molecule has 154 valence electrons. The molecule has 8 nitrogen and oxygen atoms in total. The van der Waals surface area contributed by atoms with Crippen molar-refractivity contribution in [1.29, 1.82) is 0 Å². The van der Waals surface area contributed by atoms with Gasteiger partial charge in [0.2, 0.25) is 11.8 Å². The predicted molar refractivity (Wildman–Crippen MR) is 117 cm³/mol. The molecule has 2 aromatic carbocycles. The summed E-state index contributed by atoms with van der Waals surface area (Å²) in [5, 5.41) is 5.98. The molecule has 0 saturated heterocycles. The minimum absolute atomic E-state index is 0.0782. The first-order chi connectivity index (χ1) is 14.5. The third kappa shape index (κ3) is 5.56. The Morgan fingerprint density at radius 1 is 1.00 bits per heavy atom. The first-order valence-corrected chi connectivity index (χ1v) is 9.39. The number of nitrogens with one attached hydrogen (secondary N) is 2. The number of aromatic nitrogens is 2. The fourth-order valence-corrected chi connectivity index (χ4v) is 2.76. The highest BCUT2D eigenvalue weighted by molar-refractivity contribution is 7.80. The highest BCUT2D eigenvalue weighted by atomic mass is 35.5. The van der Waals surface area contributed by atoms with E-state index >= 15 is 0 Å². The molecular formula is C20H17ClN4O4S. The Bertz CT molecular complexity index is 1040. The number of ether oxygens (including phenoxy) is 3. The van der Waals surface area contributed by atoms with Gasteiger partial charge in [0.1, 0.15) is 5.75 Å². The van der Waals surface area contributed by atoms with Crippen LogP contribution in [0, 0.1) is 0 Å². The highest BCUT2D eigenvalue weighted by Gasteiger charge is 2.12. The lowest BCUT2D eigenvalue weighted by molar-refractivity contribution is 0.0978. The number of halogens is 1. The second kappa shape index (κ2) is 9.86. The third-order valence-corrected chi connectivity index (χ3v) is 4.28. The average molecular weight is 445 g/mol. The van der Waals surface area contributed by atoms with Crippen LogP contribution in [0.15, 0.2) is 54.6 Å². The molecule has 0 spiro atoms. The molecule has 0 fully saturated rings. The van der Waals surface area contributed by atoms with Gasteiger partial charge >= 0.3 is 6.01 Å². The van der Waals surface area contributed by atoms with E-state index in [9.17, 15) is 4.79 Å². The maximum atomic E-state index is 12.3. The van der Waals surface area contributed by atoms with Crippen molar-refractivity contribution in [3.63, 3.8) is 0 Å². The van der Waals surface area contributed by atoms with E-state index in [4.69, 9.17) is 38.0 Å². The summed E-state index contributed by atoms with van der Waals surface area (Å²) in [6.45, 7) is 0. The van der Waals surface area contributed by atoms with E-state index in [1.54, 1.807) is 48.5 Å². The van der Waals surface area contributed by atoms with E-state index in [1.807, 2.05) is 0 Å². The van der Waals surface area contributed by atoms with Crippen LogP contribution in [0.5, 0.6) is 23.5 Å². The number of rotatable bonds is 6. The van der Waals surface area contributed by atoms with Crippen LogP contribution in [0.3, 0.4) is 0 Å². The summed E-state index contributed by atoms with van der Waals surface area (Å²) in [6, 6.07) is 15.2. The van der Waals surface area contributed by atoms with Crippen LogP contribution in [-0.2, 0) is 0 Å². The summed E-state index contributed by atoms with van der Waals surface area (Å²) in [5.74, 6) is 0.716. The number of hydrogen-bond acceptors (Lipinski definition) is 7. The number of methoxy groups -OCH3 is 2. The van der Waals surface area contributed by atoms with Crippen molar-refractivity contribution >= 4 is 40.5 Å². The van der Waals surface area contributed by atoms with Crippen molar-refractivity contribution in [1.82, 2.24) is 15.3 Å². The van der Waals surface area contributed by atoms with Crippen LogP contribution in [0.2, 0.25) is 5.02 Å². The quantitative estimate of drug-likeness (QED) is 0.549. The zero-order chi connectivity index (χ0) is 21.5. The van der Waals surface area contributed by atoms with E-state index in [-0.39, 0.29) is 11.1 Å². The Labute approximate surface area is 183 Å². The molecule has 10 heteroatoms. The summed E-state index contributed by atoms with van der Waals surface area (Å²) in [5.41, 5.74) is 0.983. The fraction of sp³-hybridized carbons (Fsp3) is 0.100. The molecule has 1 heterocycles. The number of hydrogen-bond donors (Lipinski definition) is 2. The van der Waals surface area contributed by atoms with Crippen LogP contribution in [0.1, 0.15) is 10.4 Å². The minimum Gasteiger partial charge on any atom is -0.481 e. The molecule has 0 aliphatic rings. The molecule has 1 aromatic heterocycles. The second-order valence-electron chi connectivity index (χ2n) is 5.75. The molecule has 1 amide bonds. The van der Waals surface area contributed by atoms with Gasteiger partial charge in [0.25, 0.3) is 5.91 Å². The Morgan fingerprint density at radius 2 is 1.63 bits per heavy atom. The lowest BCUT2D eigenvalue weighted by Gasteiger charge is -2.11. The van der Waals surface area contributed by atoms with E-state index < -0.39 is 5.91 Å². The third-order valence-electron chi connectivity index (χ3n) is 3.74. The number of thiocarbonyl (C=S) groups is 1. The fourth-order valence-electron chi connectivity index (χ4n) is 2.33. The van der Waals surface area contributed by atoms with Gasteiger partial charge in [0.05, 0.1) is 30.9 Å². The van der Waals surface area contributed by atoms with E-state index in [0.29, 0.717) is 33.8 Å². The van der Waals surface area contributed by atoms with Crippen LogP contribution in [-0.4, -0.2) is 35.2 Å². The van der Waals surface area contributed by atoms with E-state index in [1.165, 1.54) is 20.3 Å².